The van der Waals surface area contributed by atoms with Crippen LogP contribution in [0.2, 0.25) is 0 Å². The minimum atomic E-state index is 0.0919. The van der Waals surface area contributed by atoms with Crippen molar-refractivity contribution in [2.75, 3.05) is 25.5 Å². The summed E-state index contributed by atoms with van der Waals surface area (Å²) in [5.41, 5.74) is 4.64. The van der Waals surface area contributed by atoms with Gasteiger partial charge in [-0.05, 0) is 61.7 Å². The van der Waals surface area contributed by atoms with Gasteiger partial charge in [0, 0.05) is 25.3 Å². The number of methoxy groups -OCH3 is 1. The summed E-state index contributed by atoms with van der Waals surface area (Å²) < 4.78 is 5.15. The monoisotopic (exact) mass is 352 g/mol. The molecule has 1 saturated heterocycles. The van der Waals surface area contributed by atoms with E-state index in [9.17, 15) is 4.79 Å². The number of hydrogen-bond donors (Lipinski definition) is 1. The SMILES string of the molecule is COCc1cccc(NC(=O)C2CCN(Cc3ccccc3C)CC2)c1. The third-order valence-corrected chi connectivity index (χ3v) is 5.12. The van der Waals surface area contributed by atoms with Gasteiger partial charge in [0.15, 0.2) is 0 Å². The van der Waals surface area contributed by atoms with Gasteiger partial charge in [-0.15, -0.1) is 0 Å². The summed E-state index contributed by atoms with van der Waals surface area (Å²) in [4.78, 5) is 15.0. The number of aryl methyl sites for hydroxylation is 1. The maximum atomic E-state index is 12.6. The number of nitrogens with zero attached hydrogens (tertiary/aromatic N) is 1. The van der Waals surface area contributed by atoms with Gasteiger partial charge >= 0.3 is 0 Å². The van der Waals surface area contributed by atoms with Crippen LogP contribution in [0.25, 0.3) is 0 Å². The van der Waals surface area contributed by atoms with E-state index in [0.717, 1.165) is 43.7 Å². The Bertz CT molecular complexity index is 736. The van der Waals surface area contributed by atoms with E-state index in [1.807, 2.05) is 24.3 Å². The number of carbonyl (C=O) groups excluding carboxylic acids is 1. The highest BCUT2D eigenvalue weighted by Crippen LogP contribution is 2.22. The molecule has 0 bridgehead atoms. The van der Waals surface area contributed by atoms with Crippen LogP contribution in [0.5, 0.6) is 0 Å². The van der Waals surface area contributed by atoms with Gasteiger partial charge in [-0.3, -0.25) is 9.69 Å². The third kappa shape index (κ3) is 4.93. The molecule has 1 amide bonds. The van der Waals surface area contributed by atoms with E-state index in [1.165, 1.54) is 11.1 Å². The molecular weight excluding hydrogens is 324 g/mol. The number of hydrogen-bond acceptors (Lipinski definition) is 3. The predicted molar refractivity (Wildman–Crippen MR) is 105 cm³/mol. The van der Waals surface area contributed by atoms with Crippen LogP contribution >= 0.6 is 0 Å². The third-order valence-electron chi connectivity index (χ3n) is 5.12. The lowest BCUT2D eigenvalue weighted by atomic mass is 9.95. The van der Waals surface area contributed by atoms with Crippen molar-refractivity contribution in [2.24, 2.45) is 5.92 Å². The summed E-state index contributed by atoms with van der Waals surface area (Å²) >= 11 is 0. The smallest absolute Gasteiger partial charge is 0.227 e. The molecule has 0 unspecified atom stereocenters. The fourth-order valence-corrected chi connectivity index (χ4v) is 3.53. The van der Waals surface area contributed by atoms with E-state index in [0.29, 0.717) is 6.61 Å². The van der Waals surface area contributed by atoms with Crippen LogP contribution in [0.15, 0.2) is 48.5 Å². The van der Waals surface area contributed by atoms with Crippen LogP contribution in [0, 0.1) is 12.8 Å². The lowest BCUT2D eigenvalue weighted by molar-refractivity contribution is -0.121. The molecule has 0 atom stereocenters. The van der Waals surface area contributed by atoms with E-state index < -0.39 is 0 Å². The largest absolute Gasteiger partial charge is 0.380 e. The number of piperidine rings is 1. The number of rotatable bonds is 6. The summed E-state index contributed by atoms with van der Waals surface area (Å²) in [6.07, 6.45) is 1.82. The van der Waals surface area contributed by atoms with Crippen LogP contribution < -0.4 is 5.32 Å². The fraction of sp³-hybridized carbons (Fsp3) is 0.409. The van der Waals surface area contributed by atoms with E-state index >= 15 is 0 Å². The van der Waals surface area contributed by atoms with Crippen LogP contribution in [-0.2, 0) is 22.7 Å². The van der Waals surface area contributed by atoms with E-state index in [1.54, 1.807) is 7.11 Å². The first-order chi connectivity index (χ1) is 12.7. The second kappa shape index (κ2) is 8.97. The van der Waals surface area contributed by atoms with Gasteiger partial charge in [0.2, 0.25) is 5.91 Å². The zero-order valence-corrected chi connectivity index (χ0v) is 15.7. The Morgan fingerprint density at radius 1 is 1.15 bits per heavy atom. The Kier molecular flexibility index (Phi) is 6.42. The number of carbonyl (C=O) groups is 1. The van der Waals surface area contributed by atoms with Crippen molar-refractivity contribution in [2.45, 2.75) is 32.9 Å². The molecular formula is C22H28N2O2. The quantitative estimate of drug-likeness (QED) is 0.855. The number of benzene rings is 2. The lowest BCUT2D eigenvalue weighted by Crippen LogP contribution is -2.37. The maximum Gasteiger partial charge on any atom is 0.227 e. The van der Waals surface area contributed by atoms with Crippen molar-refractivity contribution in [1.29, 1.82) is 0 Å². The zero-order chi connectivity index (χ0) is 18.4. The average molecular weight is 352 g/mol. The molecule has 0 spiro atoms. The topological polar surface area (TPSA) is 41.6 Å². The number of anilines is 1. The zero-order valence-electron chi connectivity index (χ0n) is 15.7. The molecule has 1 heterocycles. The molecule has 138 valence electrons. The van der Waals surface area contributed by atoms with Gasteiger partial charge in [-0.1, -0.05) is 36.4 Å². The summed E-state index contributed by atoms with van der Waals surface area (Å²) in [5, 5.41) is 3.07. The summed E-state index contributed by atoms with van der Waals surface area (Å²) in [5.74, 6) is 0.226. The van der Waals surface area contributed by atoms with Crippen LogP contribution in [0.1, 0.15) is 29.5 Å². The molecule has 3 rings (SSSR count). The minimum Gasteiger partial charge on any atom is -0.380 e. The second-order valence-corrected chi connectivity index (χ2v) is 7.10. The number of ether oxygens (including phenoxy) is 1. The molecule has 26 heavy (non-hydrogen) atoms. The Hall–Kier alpha value is -2.17. The number of likely N-dealkylation sites (tertiary alicyclic amines) is 1. The minimum absolute atomic E-state index is 0.0919. The molecule has 2 aromatic rings. The molecule has 1 aliphatic heterocycles. The molecule has 0 saturated carbocycles. The highest BCUT2D eigenvalue weighted by atomic mass is 16.5. The first kappa shape index (κ1) is 18.6. The van der Waals surface area contributed by atoms with Crippen LogP contribution in [0.4, 0.5) is 5.69 Å². The van der Waals surface area contributed by atoms with Crippen LogP contribution in [0.3, 0.4) is 0 Å². The van der Waals surface area contributed by atoms with Gasteiger partial charge in [0.05, 0.1) is 6.61 Å². The van der Waals surface area contributed by atoms with E-state index in [-0.39, 0.29) is 11.8 Å². The molecule has 4 heteroatoms. The number of nitrogens with one attached hydrogen (secondary N) is 1. The van der Waals surface area contributed by atoms with Crippen molar-refractivity contribution in [3.8, 4) is 0 Å². The molecule has 0 radical (unpaired) electrons. The summed E-state index contributed by atoms with van der Waals surface area (Å²) in [6, 6.07) is 16.4. The van der Waals surface area contributed by atoms with E-state index in [4.69, 9.17) is 4.74 Å². The van der Waals surface area contributed by atoms with Crippen molar-refractivity contribution < 1.29 is 9.53 Å². The van der Waals surface area contributed by atoms with Gasteiger partial charge in [0.1, 0.15) is 0 Å². The predicted octanol–water partition coefficient (Wildman–Crippen LogP) is 3.99. The highest BCUT2D eigenvalue weighted by molar-refractivity contribution is 5.92. The van der Waals surface area contributed by atoms with Gasteiger partial charge in [-0.25, -0.2) is 0 Å². The van der Waals surface area contributed by atoms with Gasteiger partial charge < -0.3 is 10.1 Å². The second-order valence-electron chi connectivity index (χ2n) is 7.10. The van der Waals surface area contributed by atoms with Gasteiger partial charge in [0.25, 0.3) is 0 Å². The van der Waals surface area contributed by atoms with Crippen molar-refractivity contribution in [1.82, 2.24) is 4.90 Å². The maximum absolute atomic E-state index is 12.6. The van der Waals surface area contributed by atoms with Crippen molar-refractivity contribution in [3.05, 3.63) is 65.2 Å². The normalized spacial score (nSPS) is 15.8. The molecule has 1 N–H and O–H groups in total. The van der Waals surface area contributed by atoms with Crippen molar-refractivity contribution >= 4 is 11.6 Å². The molecule has 2 aromatic carbocycles. The summed E-state index contributed by atoms with van der Waals surface area (Å²) in [6.45, 7) is 5.63. The molecule has 0 aromatic heterocycles. The Balaban J connectivity index is 1.50. The van der Waals surface area contributed by atoms with Gasteiger partial charge in [-0.2, -0.15) is 0 Å². The molecule has 1 aliphatic rings. The van der Waals surface area contributed by atoms with Crippen LogP contribution in [-0.4, -0.2) is 31.0 Å². The number of amides is 1. The molecule has 0 aliphatic carbocycles. The Morgan fingerprint density at radius 2 is 1.92 bits per heavy atom. The molecule has 4 nitrogen and oxygen atoms in total. The lowest BCUT2D eigenvalue weighted by Gasteiger charge is -2.31. The molecule has 1 fully saturated rings. The first-order valence-corrected chi connectivity index (χ1v) is 9.31. The van der Waals surface area contributed by atoms with E-state index in [2.05, 4.69) is 41.4 Å². The standard InChI is InChI=1S/C22H28N2O2/c1-17-6-3-4-8-20(17)15-24-12-10-19(11-13-24)22(25)23-21-9-5-7-18(14-21)16-26-2/h3-9,14,19H,10-13,15-16H2,1-2H3,(H,23,25). The summed E-state index contributed by atoms with van der Waals surface area (Å²) in [7, 11) is 1.68. The Morgan fingerprint density at radius 3 is 2.65 bits per heavy atom. The Labute approximate surface area is 156 Å². The fourth-order valence-electron chi connectivity index (χ4n) is 3.53. The van der Waals surface area contributed by atoms with Crippen molar-refractivity contribution in [3.63, 3.8) is 0 Å². The first-order valence-electron chi connectivity index (χ1n) is 9.31. The highest BCUT2D eigenvalue weighted by Gasteiger charge is 2.25. The average Bonchev–Trinajstić information content (AvgIpc) is 2.65.